The van der Waals surface area contributed by atoms with Crippen LogP contribution in [0.5, 0.6) is 11.5 Å². The number of methoxy groups -OCH3 is 1. The van der Waals surface area contributed by atoms with E-state index < -0.39 is 18.0 Å². The van der Waals surface area contributed by atoms with Crippen LogP contribution < -0.4 is 9.47 Å². The Morgan fingerprint density at radius 1 is 1.12 bits per heavy atom. The molecule has 2 aromatic carbocycles. The number of carbonyl (C=O) groups excluding carboxylic acids is 2. The van der Waals surface area contributed by atoms with Gasteiger partial charge in [0.15, 0.2) is 11.5 Å². The molecule has 0 aromatic heterocycles. The van der Waals surface area contributed by atoms with Gasteiger partial charge in [0.05, 0.1) is 12.7 Å². The summed E-state index contributed by atoms with van der Waals surface area (Å²) in [7, 11) is 1.31. The van der Waals surface area contributed by atoms with Crippen molar-refractivity contribution in [2.45, 2.75) is 12.7 Å². The third-order valence-electron chi connectivity index (χ3n) is 3.50. The molecule has 1 atom stereocenters. The first-order valence-electron chi connectivity index (χ1n) is 7.40. The van der Waals surface area contributed by atoms with Crippen LogP contribution in [0.15, 0.2) is 48.5 Å². The lowest BCUT2D eigenvalue weighted by atomic mass is 10.1. The summed E-state index contributed by atoms with van der Waals surface area (Å²) < 4.78 is 21.0. The molecule has 3 rings (SSSR count). The average molecular weight is 328 g/mol. The molecule has 124 valence electrons. The van der Waals surface area contributed by atoms with Crippen molar-refractivity contribution >= 4 is 11.9 Å². The minimum absolute atomic E-state index is 0.0329. The zero-order valence-corrected chi connectivity index (χ0v) is 13.1. The Kier molecular flexibility index (Phi) is 4.65. The molecule has 0 aliphatic carbocycles. The number of para-hydroxylation sites is 2. The highest BCUT2D eigenvalue weighted by Gasteiger charge is 2.28. The van der Waals surface area contributed by atoms with Crippen molar-refractivity contribution in [3.8, 4) is 11.5 Å². The van der Waals surface area contributed by atoms with E-state index in [4.69, 9.17) is 14.2 Å². The summed E-state index contributed by atoms with van der Waals surface area (Å²) in [6.45, 7) is 0.128. The lowest BCUT2D eigenvalue weighted by Crippen LogP contribution is -2.37. The first-order valence-corrected chi connectivity index (χ1v) is 7.40. The Bertz CT molecular complexity index is 755. The quantitative estimate of drug-likeness (QED) is 0.803. The van der Waals surface area contributed by atoms with Crippen LogP contribution >= 0.6 is 0 Å². The summed E-state index contributed by atoms with van der Waals surface area (Å²) in [6, 6.07) is 13.8. The maximum atomic E-state index is 12.1. The maximum Gasteiger partial charge on any atom is 0.351 e. The van der Waals surface area contributed by atoms with E-state index in [2.05, 4.69) is 4.74 Å². The van der Waals surface area contributed by atoms with Crippen molar-refractivity contribution in [3.63, 3.8) is 0 Å². The second-order valence-electron chi connectivity index (χ2n) is 5.16. The normalized spacial score (nSPS) is 15.5. The van der Waals surface area contributed by atoms with Crippen molar-refractivity contribution < 1.29 is 28.5 Å². The van der Waals surface area contributed by atoms with E-state index in [-0.39, 0.29) is 13.2 Å². The largest absolute Gasteiger partial charge is 0.485 e. The van der Waals surface area contributed by atoms with Crippen molar-refractivity contribution in [2.75, 3.05) is 13.7 Å². The van der Waals surface area contributed by atoms with Gasteiger partial charge in [0, 0.05) is 0 Å². The van der Waals surface area contributed by atoms with Crippen molar-refractivity contribution in [2.24, 2.45) is 0 Å². The molecule has 1 heterocycles. The molecule has 1 aliphatic heterocycles. The number of ether oxygens (including phenoxy) is 4. The number of hydrogen-bond donors (Lipinski definition) is 0. The van der Waals surface area contributed by atoms with Crippen molar-refractivity contribution in [1.82, 2.24) is 0 Å². The molecule has 0 bridgehead atoms. The highest BCUT2D eigenvalue weighted by molar-refractivity contribution is 5.89. The highest BCUT2D eigenvalue weighted by atomic mass is 16.6. The summed E-state index contributed by atoms with van der Waals surface area (Å²) >= 11 is 0. The predicted molar refractivity (Wildman–Crippen MR) is 83.9 cm³/mol. The van der Waals surface area contributed by atoms with Gasteiger partial charge in [-0.15, -0.1) is 0 Å². The molecule has 0 spiro atoms. The summed E-state index contributed by atoms with van der Waals surface area (Å²) in [4.78, 5) is 23.6. The van der Waals surface area contributed by atoms with Gasteiger partial charge >= 0.3 is 11.9 Å². The zero-order chi connectivity index (χ0) is 16.9. The van der Waals surface area contributed by atoms with Crippen LogP contribution in [0.4, 0.5) is 0 Å². The second-order valence-corrected chi connectivity index (χ2v) is 5.16. The fraction of sp³-hybridized carbons (Fsp3) is 0.222. The molecule has 2 aromatic rings. The van der Waals surface area contributed by atoms with Crippen LogP contribution in [0.1, 0.15) is 15.9 Å². The van der Waals surface area contributed by atoms with Crippen LogP contribution in [0.2, 0.25) is 0 Å². The van der Waals surface area contributed by atoms with E-state index in [1.54, 1.807) is 42.5 Å². The van der Waals surface area contributed by atoms with Gasteiger partial charge in [0.25, 0.3) is 0 Å². The monoisotopic (exact) mass is 328 g/mol. The van der Waals surface area contributed by atoms with Gasteiger partial charge in [0.2, 0.25) is 6.10 Å². The molecule has 0 saturated carbocycles. The molecule has 1 aliphatic rings. The SMILES string of the molecule is COC(=O)c1cccc(COC(=O)[C@H]2COc3ccccc3O2)c1. The smallest absolute Gasteiger partial charge is 0.351 e. The molecule has 0 N–H and O–H groups in total. The fourth-order valence-corrected chi connectivity index (χ4v) is 2.29. The number of benzene rings is 2. The molecule has 24 heavy (non-hydrogen) atoms. The van der Waals surface area contributed by atoms with Crippen LogP contribution in [0, 0.1) is 0 Å². The topological polar surface area (TPSA) is 71.1 Å². The van der Waals surface area contributed by atoms with Gasteiger partial charge in [-0.1, -0.05) is 24.3 Å². The highest BCUT2D eigenvalue weighted by Crippen LogP contribution is 2.31. The number of hydrogen-bond acceptors (Lipinski definition) is 6. The van der Waals surface area contributed by atoms with E-state index in [1.807, 2.05) is 6.07 Å². The number of fused-ring (bicyclic) bond motifs is 1. The third kappa shape index (κ3) is 3.48. The third-order valence-corrected chi connectivity index (χ3v) is 3.50. The van der Waals surface area contributed by atoms with E-state index in [9.17, 15) is 9.59 Å². The number of rotatable bonds is 4. The molecule has 0 radical (unpaired) electrons. The summed E-state index contributed by atoms with van der Waals surface area (Å²) in [5.74, 6) is 0.155. The van der Waals surface area contributed by atoms with Gasteiger partial charge in [-0.3, -0.25) is 0 Å². The summed E-state index contributed by atoms with van der Waals surface area (Å²) in [6.07, 6.45) is -0.816. The molecular weight excluding hydrogens is 312 g/mol. The van der Waals surface area contributed by atoms with E-state index in [1.165, 1.54) is 7.11 Å². The van der Waals surface area contributed by atoms with Crippen LogP contribution in [0.25, 0.3) is 0 Å². The van der Waals surface area contributed by atoms with E-state index in [0.29, 0.717) is 22.6 Å². The van der Waals surface area contributed by atoms with Gasteiger partial charge < -0.3 is 18.9 Å². The first-order chi connectivity index (χ1) is 11.7. The summed E-state index contributed by atoms with van der Waals surface area (Å²) in [5.41, 5.74) is 1.08. The minimum Gasteiger partial charge on any atom is -0.485 e. The molecule has 0 saturated heterocycles. The average Bonchev–Trinajstić information content (AvgIpc) is 2.65. The van der Waals surface area contributed by atoms with Gasteiger partial charge in [-0.05, 0) is 29.8 Å². The Morgan fingerprint density at radius 3 is 2.71 bits per heavy atom. The zero-order valence-electron chi connectivity index (χ0n) is 13.1. The van der Waals surface area contributed by atoms with Crippen LogP contribution in [0.3, 0.4) is 0 Å². The lowest BCUT2D eigenvalue weighted by Gasteiger charge is -2.24. The summed E-state index contributed by atoms with van der Waals surface area (Å²) in [5, 5.41) is 0. The first kappa shape index (κ1) is 15.9. The van der Waals surface area contributed by atoms with E-state index in [0.717, 1.165) is 0 Å². The van der Waals surface area contributed by atoms with Crippen LogP contribution in [-0.2, 0) is 20.9 Å². The molecular formula is C18H16O6. The Morgan fingerprint density at radius 2 is 1.92 bits per heavy atom. The standard InChI is InChI=1S/C18H16O6/c1-21-17(19)13-6-4-5-12(9-13)10-23-18(20)16-11-22-14-7-2-3-8-15(14)24-16/h2-9,16H,10-11H2,1H3/t16-/m1/s1. The van der Waals surface area contributed by atoms with Crippen molar-refractivity contribution in [1.29, 1.82) is 0 Å². The molecule has 0 unspecified atom stereocenters. The molecule has 6 heteroatoms. The van der Waals surface area contributed by atoms with Crippen molar-refractivity contribution in [3.05, 3.63) is 59.7 Å². The predicted octanol–water partition coefficient (Wildman–Crippen LogP) is 2.36. The van der Waals surface area contributed by atoms with Gasteiger partial charge in [-0.25, -0.2) is 9.59 Å². The minimum atomic E-state index is -0.816. The Hall–Kier alpha value is -3.02. The lowest BCUT2D eigenvalue weighted by molar-refractivity contribution is -0.155. The Labute approximate surface area is 138 Å². The Balaban J connectivity index is 1.59. The fourth-order valence-electron chi connectivity index (χ4n) is 2.29. The van der Waals surface area contributed by atoms with Gasteiger partial charge in [0.1, 0.15) is 13.2 Å². The molecule has 6 nitrogen and oxygen atoms in total. The van der Waals surface area contributed by atoms with Crippen LogP contribution in [-0.4, -0.2) is 31.8 Å². The van der Waals surface area contributed by atoms with E-state index >= 15 is 0 Å². The molecule has 0 amide bonds. The molecule has 0 fully saturated rings. The van der Waals surface area contributed by atoms with Gasteiger partial charge in [-0.2, -0.15) is 0 Å². The number of esters is 2. The maximum absolute atomic E-state index is 12.1. The number of carbonyl (C=O) groups is 2. The second kappa shape index (κ2) is 7.04.